The van der Waals surface area contributed by atoms with Gasteiger partial charge in [-0.1, -0.05) is 48.2 Å². The molecule has 2 aromatic carbocycles. The molecular weight excluding hydrogens is 364 g/mol. The molecular formula is C20H20N2O2S2. The second-order valence-corrected chi connectivity index (χ2v) is 8.67. The molecule has 134 valence electrons. The summed E-state index contributed by atoms with van der Waals surface area (Å²) in [7, 11) is 0. The zero-order chi connectivity index (χ0) is 18.9. The van der Waals surface area contributed by atoms with Crippen molar-refractivity contribution in [3.8, 4) is 0 Å². The molecule has 2 unspecified atom stereocenters. The number of primary amides is 1. The molecule has 0 saturated carbocycles. The van der Waals surface area contributed by atoms with Gasteiger partial charge < -0.3 is 11.5 Å². The van der Waals surface area contributed by atoms with Crippen molar-refractivity contribution in [3.05, 3.63) is 75.5 Å². The number of Topliss-reactive ketones (excluding diaryl/α,β-unsaturated/α-hetero) is 1. The number of nitrogens with two attached hydrogens (primary N) is 2. The van der Waals surface area contributed by atoms with Crippen molar-refractivity contribution in [2.24, 2.45) is 11.5 Å². The molecule has 0 radical (unpaired) electrons. The van der Waals surface area contributed by atoms with Gasteiger partial charge in [0, 0.05) is 14.7 Å². The van der Waals surface area contributed by atoms with Gasteiger partial charge in [-0.3, -0.25) is 9.59 Å². The van der Waals surface area contributed by atoms with Crippen LogP contribution in [0.15, 0.2) is 69.3 Å². The lowest BCUT2D eigenvalue weighted by Gasteiger charge is -2.33. The number of hydrogen-bond acceptors (Lipinski definition) is 5. The Morgan fingerprint density at radius 2 is 1.69 bits per heavy atom. The molecule has 1 aliphatic rings. The SMILES string of the molecule is CC(=O)C1SC(Sc2ccccc2)=C(C)C1(N)c1ccccc1C(N)=O. The van der Waals surface area contributed by atoms with Gasteiger partial charge in [0.2, 0.25) is 5.91 Å². The third kappa shape index (κ3) is 3.20. The fourth-order valence-electron chi connectivity index (χ4n) is 3.16. The van der Waals surface area contributed by atoms with Gasteiger partial charge in [0.25, 0.3) is 0 Å². The van der Waals surface area contributed by atoms with E-state index in [1.54, 1.807) is 30.0 Å². The number of ketones is 1. The van der Waals surface area contributed by atoms with Crippen molar-refractivity contribution >= 4 is 35.2 Å². The summed E-state index contributed by atoms with van der Waals surface area (Å²) in [6, 6.07) is 16.9. The molecule has 26 heavy (non-hydrogen) atoms. The van der Waals surface area contributed by atoms with Crippen LogP contribution in [0.4, 0.5) is 0 Å². The third-order valence-corrected chi connectivity index (χ3v) is 7.52. The van der Waals surface area contributed by atoms with E-state index >= 15 is 0 Å². The largest absolute Gasteiger partial charge is 0.366 e. The predicted molar refractivity (Wildman–Crippen MR) is 108 cm³/mol. The van der Waals surface area contributed by atoms with Gasteiger partial charge in [-0.15, -0.1) is 11.8 Å². The highest BCUT2D eigenvalue weighted by Crippen LogP contribution is 2.55. The molecule has 0 spiro atoms. The molecule has 0 aromatic heterocycles. The minimum Gasteiger partial charge on any atom is -0.366 e. The van der Waals surface area contributed by atoms with Crippen LogP contribution in [0.5, 0.6) is 0 Å². The molecule has 0 bridgehead atoms. The highest BCUT2D eigenvalue weighted by atomic mass is 32.2. The molecule has 1 aliphatic heterocycles. The summed E-state index contributed by atoms with van der Waals surface area (Å²) in [5.74, 6) is -0.575. The van der Waals surface area contributed by atoms with Gasteiger partial charge in [-0.2, -0.15) is 0 Å². The number of carbonyl (C=O) groups excluding carboxylic acids is 2. The van der Waals surface area contributed by atoms with E-state index < -0.39 is 16.7 Å². The van der Waals surface area contributed by atoms with E-state index in [1.807, 2.05) is 43.3 Å². The van der Waals surface area contributed by atoms with Crippen LogP contribution in [0.3, 0.4) is 0 Å². The first-order chi connectivity index (χ1) is 12.4. The first-order valence-corrected chi connectivity index (χ1v) is 9.85. The van der Waals surface area contributed by atoms with Gasteiger partial charge >= 0.3 is 0 Å². The highest BCUT2D eigenvalue weighted by Gasteiger charge is 2.49. The van der Waals surface area contributed by atoms with Crippen LogP contribution in [0.2, 0.25) is 0 Å². The maximum atomic E-state index is 12.4. The highest BCUT2D eigenvalue weighted by molar-refractivity contribution is 8.23. The maximum Gasteiger partial charge on any atom is 0.249 e. The van der Waals surface area contributed by atoms with Gasteiger partial charge in [-0.05, 0) is 43.2 Å². The van der Waals surface area contributed by atoms with Crippen LogP contribution in [0, 0.1) is 0 Å². The Morgan fingerprint density at radius 1 is 1.08 bits per heavy atom. The van der Waals surface area contributed by atoms with Crippen molar-refractivity contribution < 1.29 is 9.59 Å². The van der Waals surface area contributed by atoms with E-state index in [1.165, 1.54) is 18.7 Å². The first-order valence-electron chi connectivity index (χ1n) is 8.15. The van der Waals surface area contributed by atoms with E-state index in [-0.39, 0.29) is 5.78 Å². The van der Waals surface area contributed by atoms with Crippen LogP contribution in [0.25, 0.3) is 0 Å². The fourth-order valence-corrected chi connectivity index (χ4v) is 5.97. The molecule has 1 amide bonds. The van der Waals surface area contributed by atoms with Crippen molar-refractivity contribution in [3.63, 3.8) is 0 Å². The average Bonchev–Trinajstić information content (AvgIpc) is 2.89. The molecule has 2 aromatic rings. The summed E-state index contributed by atoms with van der Waals surface area (Å²) in [6.07, 6.45) is 0. The normalized spacial score (nSPS) is 22.5. The Bertz CT molecular complexity index is 896. The first kappa shape index (κ1) is 18.8. The van der Waals surface area contributed by atoms with E-state index in [2.05, 4.69) is 0 Å². The lowest BCUT2D eigenvalue weighted by molar-refractivity contribution is -0.117. The van der Waals surface area contributed by atoms with Crippen molar-refractivity contribution in [1.82, 2.24) is 0 Å². The second kappa shape index (κ2) is 7.31. The summed E-state index contributed by atoms with van der Waals surface area (Å²) >= 11 is 3.05. The van der Waals surface area contributed by atoms with Crippen LogP contribution in [0.1, 0.15) is 29.8 Å². The van der Waals surface area contributed by atoms with Gasteiger partial charge in [-0.25, -0.2) is 0 Å². The summed E-state index contributed by atoms with van der Waals surface area (Å²) in [6.45, 7) is 3.47. The van der Waals surface area contributed by atoms with E-state index in [4.69, 9.17) is 11.5 Å². The third-order valence-electron chi connectivity index (χ3n) is 4.53. The van der Waals surface area contributed by atoms with Crippen molar-refractivity contribution in [2.45, 2.75) is 29.5 Å². The molecule has 6 heteroatoms. The number of carbonyl (C=O) groups is 2. The summed E-state index contributed by atoms with van der Waals surface area (Å²) in [4.78, 5) is 25.4. The molecule has 0 aliphatic carbocycles. The summed E-state index contributed by atoms with van der Waals surface area (Å²) in [5, 5.41) is -0.505. The van der Waals surface area contributed by atoms with Crippen LogP contribution < -0.4 is 11.5 Å². The smallest absolute Gasteiger partial charge is 0.249 e. The number of hydrogen-bond donors (Lipinski definition) is 2. The van der Waals surface area contributed by atoms with Crippen LogP contribution in [-0.4, -0.2) is 16.9 Å². The standard InChI is InChI=1S/C20H20N2O2S2/c1-12-19(25-14-8-4-3-5-9-14)26-17(13(2)23)20(12,22)16-11-7-6-10-15(16)18(21)24/h3-11,17H,22H2,1-2H3,(H2,21,24). The second-order valence-electron chi connectivity index (χ2n) is 6.21. The number of benzene rings is 2. The number of amides is 1. The monoisotopic (exact) mass is 384 g/mol. The lowest BCUT2D eigenvalue weighted by Crippen LogP contribution is -2.49. The molecule has 1 heterocycles. The van der Waals surface area contributed by atoms with E-state index in [9.17, 15) is 9.59 Å². The van der Waals surface area contributed by atoms with Crippen LogP contribution in [-0.2, 0) is 10.3 Å². The van der Waals surface area contributed by atoms with Gasteiger partial charge in [0.05, 0.1) is 10.8 Å². The Morgan fingerprint density at radius 3 is 2.31 bits per heavy atom. The molecule has 2 atom stereocenters. The maximum absolute atomic E-state index is 12.4. The zero-order valence-electron chi connectivity index (χ0n) is 14.6. The van der Waals surface area contributed by atoms with E-state index in [0.29, 0.717) is 11.1 Å². The molecule has 0 fully saturated rings. The summed E-state index contributed by atoms with van der Waals surface area (Å²) in [5.41, 5.74) is 13.2. The molecule has 4 nitrogen and oxygen atoms in total. The van der Waals surface area contributed by atoms with Crippen molar-refractivity contribution in [1.29, 1.82) is 0 Å². The molecule has 4 N–H and O–H groups in total. The number of thioether (sulfide) groups is 2. The molecule has 3 rings (SSSR count). The van der Waals surface area contributed by atoms with Crippen molar-refractivity contribution in [2.75, 3.05) is 0 Å². The van der Waals surface area contributed by atoms with Gasteiger partial charge in [0.1, 0.15) is 5.78 Å². The average molecular weight is 385 g/mol. The minimum absolute atomic E-state index is 0.0280. The number of rotatable bonds is 5. The molecule has 0 saturated heterocycles. The summed E-state index contributed by atoms with van der Waals surface area (Å²) < 4.78 is 0.984. The topological polar surface area (TPSA) is 86.2 Å². The van der Waals surface area contributed by atoms with Crippen LogP contribution >= 0.6 is 23.5 Å². The Hall–Kier alpha value is -2.02. The predicted octanol–water partition coefficient (Wildman–Crippen LogP) is 3.67. The Labute approximate surface area is 161 Å². The zero-order valence-corrected chi connectivity index (χ0v) is 16.2. The lowest BCUT2D eigenvalue weighted by atomic mass is 9.78. The van der Waals surface area contributed by atoms with Gasteiger partial charge in [0.15, 0.2) is 0 Å². The minimum atomic E-state index is -1.07. The Kier molecular flexibility index (Phi) is 5.27. The van der Waals surface area contributed by atoms with E-state index in [0.717, 1.165) is 14.7 Å². The Balaban J connectivity index is 2.13. The quantitative estimate of drug-likeness (QED) is 0.821. The fraction of sp³-hybridized carbons (Fsp3) is 0.200.